The van der Waals surface area contributed by atoms with Gasteiger partial charge in [-0.1, -0.05) is 38.2 Å². The molecule has 5 atom stereocenters. The molecule has 3 unspecified atom stereocenters. The number of ether oxygens (including phenoxy) is 6. The Morgan fingerprint density at radius 3 is 2.46 bits per heavy atom. The van der Waals surface area contributed by atoms with E-state index in [1.54, 1.807) is 12.1 Å². The molecule has 1 saturated heterocycles. The van der Waals surface area contributed by atoms with Crippen molar-refractivity contribution >= 4 is 21.9 Å². The lowest BCUT2D eigenvalue weighted by Gasteiger charge is -2.23. The first-order chi connectivity index (χ1) is 18.3. The molecule has 0 aromatic heterocycles. The number of rotatable bonds is 8. The van der Waals surface area contributed by atoms with Crippen LogP contribution in [0.1, 0.15) is 63.4 Å². The highest BCUT2D eigenvalue weighted by Gasteiger charge is 2.42. The van der Waals surface area contributed by atoms with Crippen molar-refractivity contribution in [3.63, 3.8) is 0 Å². The quantitative estimate of drug-likeness (QED) is 0.190. The summed E-state index contributed by atoms with van der Waals surface area (Å²) >= 11 is 0. The zero-order chi connectivity index (χ0) is 28.8. The van der Waals surface area contributed by atoms with E-state index in [0.29, 0.717) is 24.2 Å². The van der Waals surface area contributed by atoms with Crippen LogP contribution in [-0.2, 0) is 28.8 Å². The topological polar surface area (TPSA) is 107 Å². The van der Waals surface area contributed by atoms with Crippen molar-refractivity contribution in [1.82, 2.24) is 0 Å². The third kappa shape index (κ3) is 9.06. The first kappa shape index (κ1) is 31.1. The van der Waals surface area contributed by atoms with Gasteiger partial charge in [-0.3, -0.25) is 0 Å². The highest BCUT2D eigenvalue weighted by atomic mass is 32.2. The predicted octanol–water partition coefficient (Wildman–Crippen LogP) is 4.79. The zero-order valence-electron chi connectivity index (χ0n) is 24.0. The van der Waals surface area contributed by atoms with E-state index in [2.05, 4.69) is 13.0 Å². The van der Waals surface area contributed by atoms with Crippen molar-refractivity contribution in [3.8, 4) is 11.5 Å². The van der Waals surface area contributed by atoms with E-state index < -0.39 is 27.7 Å². The minimum atomic E-state index is -3.10. The Balaban J connectivity index is 2.01. The second-order valence-corrected chi connectivity index (χ2v) is 13.0. The van der Waals surface area contributed by atoms with Crippen LogP contribution < -0.4 is 9.47 Å². The number of cyclic esters (lactones) is 1. The van der Waals surface area contributed by atoms with Crippen molar-refractivity contribution < 1.29 is 41.6 Å². The summed E-state index contributed by atoms with van der Waals surface area (Å²) in [7, 11) is -1.61. The molecule has 1 fully saturated rings. The van der Waals surface area contributed by atoms with Gasteiger partial charge in [-0.25, -0.2) is 13.2 Å². The molecule has 0 saturated carbocycles. The number of methoxy groups -OCH3 is 1. The van der Waals surface area contributed by atoms with Crippen molar-refractivity contribution in [2.75, 3.05) is 32.5 Å². The molecule has 0 N–H and O–H groups in total. The summed E-state index contributed by atoms with van der Waals surface area (Å²) in [6.45, 7) is 9.87. The molecule has 0 bridgehead atoms. The van der Waals surface area contributed by atoms with Gasteiger partial charge in [0, 0.05) is 31.3 Å². The van der Waals surface area contributed by atoms with Gasteiger partial charge < -0.3 is 28.4 Å². The highest BCUT2D eigenvalue weighted by molar-refractivity contribution is 7.90. The van der Waals surface area contributed by atoms with Gasteiger partial charge in [-0.2, -0.15) is 0 Å². The van der Waals surface area contributed by atoms with Gasteiger partial charge in [-0.15, -0.1) is 0 Å². The molecule has 2 aliphatic rings. The Hall–Kier alpha value is -2.40. The van der Waals surface area contributed by atoms with Crippen molar-refractivity contribution in [3.05, 3.63) is 41.5 Å². The molecule has 10 heteroatoms. The van der Waals surface area contributed by atoms with Crippen LogP contribution in [0.15, 0.2) is 30.4 Å². The Morgan fingerprint density at radius 2 is 1.77 bits per heavy atom. The second-order valence-electron chi connectivity index (χ2n) is 10.8. The van der Waals surface area contributed by atoms with Crippen molar-refractivity contribution in [1.29, 1.82) is 0 Å². The first-order valence-corrected chi connectivity index (χ1v) is 15.4. The molecule has 1 aromatic carbocycles. The Kier molecular flexibility index (Phi) is 10.6. The maximum atomic E-state index is 13.5. The van der Waals surface area contributed by atoms with E-state index in [1.165, 1.54) is 13.4 Å². The van der Waals surface area contributed by atoms with Gasteiger partial charge in [-0.05, 0) is 45.2 Å². The van der Waals surface area contributed by atoms with Crippen LogP contribution in [0.3, 0.4) is 0 Å². The molecule has 2 heterocycles. The Morgan fingerprint density at radius 1 is 1.05 bits per heavy atom. The molecule has 39 heavy (non-hydrogen) atoms. The van der Waals surface area contributed by atoms with Gasteiger partial charge in [0.05, 0.1) is 24.6 Å². The zero-order valence-corrected chi connectivity index (χ0v) is 24.8. The first-order valence-electron chi connectivity index (χ1n) is 13.3. The van der Waals surface area contributed by atoms with E-state index in [4.69, 9.17) is 28.4 Å². The molecule has 0 aliphatic carbocycles. The van der Waals surface area contributed by atoms with Crippen LogP contribution >= 0.6 is 0 Å². The summed E-state index contributed by atoms with van der Waals surface area (Å²) < 4.78 is 58.0. The average molecular weight is 567 g/mol. The maximum absolute atomic E-state index is 13.5. The number of benzene rings is 1. The summed E-state index contributed by atoms with van der Waals surface area (Å²) in [5.74, 6) is -0.493. The molecular formula is C29H42O9S. The van der Waals surface area contributed by atoms with Gasteiger partial charge in [0.2, 0.25) is 0 Å². The Labute approximate surface area is 232 Å². The van der Waals surface area contributed by atoms with E-state index in [9.17, 15) is 13.2 Å². The molecule has 218 valence electrons. The number of hydrogen-bond donors (Lipinski definition) is 0. The number of hydrogen-bond acceptors (Lipinski definition) is 9. The van der Waals surface area contributed by atoms with E-state index >= 15 is 0 Å². The summed E-state index contributed by atoms with van der Waals surface area (Å²) in [5.41, 5.74) is 0.794. The number of sulfone groups is 1. The Bertz CT molecular complexity index is 1160. The fraction of sp³-hybridized carbons (Fsp3) is 0.621. The summed E-state index contributed by atoms with van der Waals surface area (Å²) in [5, 5.41) is 0. The third-order valence-electron chi connectivity index (χ3n) is 6.73. The molecular weight excluding hydrogens is 524 g/mol. The van der Waals surface area contributed by atoms with Crippen LogP contribution in [0.4, 0.5) is 0 Å². The molecule has 0 amide bonds. The van der Waals surface area contributed by atoms with E-state index in [1.807, 2.05) is 45.9 Å². The van der Waals surface area contributed by atoms with Crippen LogP contribution in [0.2, 0.25) is 0 Å². The lowest BCUT2D eigenvalue weighted by molar-refractivity contribution is -0.148. The average Bonchev–Trinajstić information content (AvgIpc) is 3.16. The smallest absolute Gasteiger partial charge is 0.342 e. The fourth-order valence-electron chi connectivity index (χ4n) is 4.56. The predicted molar refractivity (Wildman–Crippen MR) is 149 cm³/mol. The summed E-state index contributed by atoms with van der Waals surface area (Å²) in [6.07, 6.45) is 9.27. The van der Waals surface area contributed by atoms with Crippen molar-refractivity contribution in [2.45, 2.75) is 71.6 Å². The SMILES string of the molecule is COCOc1cc(OCCCS(C)(=O)=O)cc2c1C(=O)O[C@@H](C)[C@H](C)/C=C\C(C)C1OC(C)(C)OC1C/C=C/2. The number of esters is 1. The van der Waals surface area contributed by atoms with Gasteiger partial charge in [0.1, 0.15) is 33.0 Å². The van der Waals surface area contributed by atoms with Crippen LogP contribution in [0.25, 0.3) is 6.08 Å². The molecule has 1 aromatic rings. The van der Waals surface area contributed by atoms with Crippen molar-refractivity contribution in [2.24, 2.45) is 11.8 Å². The highest BCUT2D eigenvalue weighted by Crippen LogP contribution is 2.36. The van der Waals surface area contributed by atoms with Crippen LogP contribution in [0.5, 0.6) is 11.5 Å². The summed E-state index contributed by atoms with van der Waals surface area (Å²) in [6, 6.07) is 3.32. The monoisotopic (exact) mass is 566 g/mol. The molecule has 0 radical (unpaired) electrons. The number of fused-ring (bicyclic) bond motifs is 2. The number of carbonyl (C=O) groups excluding carboxylic acids is 1. The molecule has 0 spiro atoms. The fourth-order valence-corrected chi connectivity index (χ4v) is 5.21. The van der Waals surface area contributed by atoms with E-state index in [0.717, 1.165) is 0 Å². The van der Waals surface area contributed by atoms with Crippen LogP contribution in [-0.4, -0.2) is 71.0 Å². The molecule has 3 rings (SSSR count). The van der Waals surface area contributed by atoms with Gasteiger partial charge in [0.15, 0.2) is 12.6 Å². The molecule has 9 nitrogen and oxygen atoms in total. The minimum Gasteiger partial charge on any atom is -0.493 e. The minimum absolute atomic E-state index is 0.0150. The van der Waals surface area contributed by atoms with Gasteiger partial charge in [0.25, 0.3) is 0 Å². The third-order valence-corrected chi connectivity index (χ3v) is 7.76. The summed E-state index contributed by atoms with van der Waals surface area (Å²) in [4.78, 5) is 13.5. The van der Waals surface area contributed by atoms with Gasteiger partial charge >= 0.3 is 5.97 Å². The normalized spacial score (nSPS) is 28.9. The lowest BCUT2D eigenvalue weighted by atomic mass is 9.94. The largest absolute Gasteiger partial charge is 0.493 e. The second kappa shape index (κ2) is 13.3. The standard InChI is InChI=1S/C29H42O9S/c1-19-12-13-20(2)27-24(37-29(4,5)38-27)11-8-10-22-16-23(34-14-9-15-39(7,31)32)17-25(35-18-33-6)26(22)28(30)36-21(19)3/h8,10,12-13,16-17,19-21,24,27H,9,11,14-15,18H2,1-7H3/b10-8+,13-12-/t19-,20?,21+,24?,27?/m1/s1. The van der Waals surface area contributed by atoms with E-state index in [-0.39, 0.29) is 54.5 Å². The molecule has 2 aliphatic heterocycles. The van der Waals surface area contributed by atoms with Crippen LogP contribution in [0, 0.1) is 11.8 Å². The number of carbonyl (C=O) groups is 1. The lowest BCUT2D eigenvalue weighted by Crippen LogP contribution is -2.29. The maximum Gasteiger partial charge on any atom is 0.342 e.